The lowest BCUT2D eigenvalue weighted by atomic mass is 9.41. The molecule has 4 fully saturated rings. The number of carbonyl (C=O) groups is 1. The Balaban J connectivity index is 1.70. The van der Waals surface area contributed by atoms with Gasteiger partial charge in [0, 0.05) is 12.8 Å². The summed E-state index contributed by atoms with van der Waals surface area (Å²) in [5, 5.41) is 10.6. The smallest absolute Gasteiger partial charge is 0.133 e. The predicted octanol–water partition coefficient (Wildman–Crippen LogP) is 5.01. The van der Waals surface area contributed by atoms with Gasteiger partial charge in [0.05, 0.1) is 6.10 Å². The molecule has 4 aliphatic rings. The van der Waals surface area contributed by atoms with Crippen molar-refractivity contribution < 1.29 is 9.90 Å². The zero-order valence-electron chi connectivity index (χ0n) is 16.3. The lowest BCUT2D eigenvalue weighted by molar-refractivity contribution is -0.161. The third-order valence-electron chi connectivity index (χ3n) is 9.64. The summed E-state index contributed by atoms with van der Waals surface area (Å²) in [6.07, 6.45) is 10.7. The molecule has 9 atom stereocenters. The molecule has 0 saturated heterocycles. The van der Waals surface area contributed by atoms with Gasteiger partial charge < -0.3 is 5.11 Å². The van der Waals surface area contributed by atoms with Crippen molar-refractivity contribution in [3.8, 4) is 0 Å². The minimum atomic E-state index is -0.0974. The van der Waals surface area contributed by atoms with Crippen molar-refractivity contribution >= 4 is 5.78 Å². The van der Waals surface area contributed by atoms with Crippen LogP contribution < -0.4 is 0 Å². The summed E-state index contributed by atoms with van der Waals surface area (Å²) in [6, 6.07) is 0. The maximum Gasteiger partial charge on any atom is 0.133 e. The van der Waals surface area contributed by atoms with E-state index in [-0.39, 0.29) is 16.9 Å². The molecule has 0 amide bonds. The number of hydrogen-bond acceptors (Lipinski definition) is 2. The van der Waals surface area contributed by atoms with Crippen molar-refractivity contribution in [2.75, 3.05) is 0 Å². The van der Waals surface area contributed by atoms with Gasteiger partial charge in [-0.05, 0) is 84.9 Å². The first-order chi connectivity index (χ1) is 11.8. The Labute approximate surface area is 153 Å². The summed E-state index contributed by atoms with van der Waals surface area (Å²) in [6.45, 7) is 11.2. The second-order valence-corrected chi connectivity index (χ2v) is 10.3. The quantitative estimate of drug-likeness (QED) is 0.715. The molecule has 0 bridgehead atoms. The van der Waals surface area contributed by atoms with Crippen LogP contribution in [0.15, 0.2) is 12.7 Å². The van der Waals surface area contributed by atoms with E-state index in [0.717, 1.165) is 31.1 Å². The number of carbonyl (C=O) groups excluding carboxylic acids is 1. The molecule has 0 aliphatic heterocycles. The van der Waals surface area contributed by atoms with Crippen LogP contribution in [0.2, 0.25) is 0 Å². The minimum Gasteiger partial charge on any atom is -0.393 e. The fourth-order valence-electron chi connectivity index (χ4n) is 8.08. The number of rotatable bonds is 2. The Hall–Kier alpha value is -0.630. The van der Waals surface area contributed by atoms with Crippen LogP contribution in [0.3, 0.4) is 0 Å². The number of fused-ring (bicyclic) bond motifs is 5. The predicted molar refractivity (Wildman–Crippen MR) is 101 cm³/mol. The average Bonchev–Trinajstić information content (AvgIpc) is 2.89. The van der Waals surface area contributed by atoms with Gasteiger partial charge in [0.2, 0.25) is 0 Å². The molecule has 0 aromatic carbocycles. The van der Waals surface area contributed by atoms with Crippen molar-refractivity contribution in [2.45, 2.75) is 78.2 Å². The molecule has 0 aromatic rings. The maximum absolute atomic E-state index is 12.5. The lowest BCUT2D eigenvalue weighted by Gasteiger charge is -2.63. The van der Waals surface area contributed by atoms with Crippen molar-refractivity contribution in [3.05, 3.63) is 12.7 Å². The first kappa shape index (κ1) is 17.8. The summed E-state index contributed by atoms with van der Waals surface area (Å²) in [5.74, 6) is 4.10. The van der Waals surface area contributed by atoms with Gasteiger partial charge in [-0.2, -0.15) is 0 Å². The van der Waals surface area contributed by atoms with Crippen molar-refractivity contribution in [1.82, 2.24) is 0 Å². The highest BCUT2D eigenvalue weighted by atomic mass is 16.3. The van der Waals surface area contributed by atoms with Gasteiger partial charge in [-0.25, -0.2) is 0 Å². The zero-order chi connectivity index (χ0) is 18.0. The van der Waals surface area contributed by atoms with Crippen LogP contribution in [0.25, 0.3) is 0 Å². The van der Waals surface area contributed by atoms with Crippen LogP contribution in [-0.4, -0.2) is 17.0 Å². The molecule has 0 spiro atoms. The third kappa shape index (κ3) is 2.35. The van der Waals surface area contributed by atoms with E-state index in [9.17, 15) is 9.90 Å². The SMILES string of the molecule is C=CC(C)[C@H]1CC(=O)C[C@@H]2CC[C@H]3[C@@H]4CC[C@H](O)[C@@]4(C)CC[C@@H]3[C@]21C. The molecule has 0 radical (unpaired) electrons. The van der Waals surface area contributed by atoms with Gasteiger partial charge in [-0.15, -0.1) is 6.58 Å². The van der Waals surface area contributed by atoms with Crippen LogP contribution in [0.1, 0.15) is 72.1 Å². The van der Waals surface area contributed by atoms with E-state index in [1.807, 2.05) is 0 Å². The van der Waals surface area contributed by atoms with Crippen LogP contribution in [-0.2, 0) is 4.79 Å². The fraction of sp³-hybridized carbons (Fsp3) is 0.870. The molecular weight excluding hydrogens is 308 g/mol. The Bertz CT molecular complexity index is 568. The first-order valence-electron chi connectivity index (χ1n) is 10.6. The van der Waals surface area contributed by atoms with E-state index in [0.29, 0.717) is 29.5 Å². The van der Waals surface area contributed by atoms with Crippen molar-refractivity contribution in [3.63, 3.8) is 0 Å². The molecule has 140 valence electrons. The molecule has 0 aromatic heterocycles. The third-order valence-corrected chi connectivity index (χ3v) is 9.64. The van der Waals surface area contributed by atoms with Gasteiger partial charge in [-0.3, -0.25) is 4.79 Å². The topological polar surface area (TPSA) is 37.3 Å². The molecule has 2 heteroatoms. The highest BCUT2D eigenvalue weighted by Crippen LogP contribution is 2.67. The van der Waals surface area contributed by atoms with Crippen molar-refractivity contribution in [2.24, 2.45) is 46.3 Å². The number of hydrogen-bond donors (Lipinski definition) is 1. The monoisotopic (exact) mass is 344 g/mol. The van der Waals surface area contributed by atoms with E-state index >= 15 is 0 Å². The molecule has 4 aliphatic carbocycles. The summed E-state index contributed by atoms with van der Waals surface area (Å²) in [5.41, 5.74) is 0.424. The molecule has 0 heterocycles. The lowest BCUT2D eigenvalue weighted by Crippen LogP contribution is -2.58. The van der Waals surface area contributed by atoms with Gasteiger partial charge >= 0.3 is 0 Å². The number of Topliss-reactive ketones (excluding diaryl/α,β-unsaturated/α-hetero) is 1. The number of aliphatic hydroxyl groups excluding tert-OH is 1. The second-order valence-electron chi connectivity index (χ2n) is 10.3. The summed E-state index contributed by atoms with van der Waals surface area (Å²) >= 11 is 0. The maximum atomic E-state index is 12.5. The molecule has 2 nitrogen and oxygen atoms in total. The largest absolute Gasteiger partial charge is 0.393 e. The zero-order valence-corrected chi connectivity index (χ0v) is 16.3. The average molecular weight is 345 g/mol. The molecule has 4 saturated carbocycles. The van der Waals surface area contributed by atoms with E-state index in [2.05, 4.69) is 33.4 Å². The van der Waals surface area contributed by atoms with Crippen molar-refractivity contribution in [1.29, 1.82) is 0 Å². The van der Waals surface area contributed by atoms with Crippen LogP contribution >= 0.6 is 0 Å². The van der Waals surface area contributed by atoms with E-state index in [1.165, 1.54) is 32.1 Å². The van der Waals surface area contributed by atoms with Crippen LogP contribution in [0.4, 0.5) is 0 Å². The second kappa shape index (κ2) is 5.94. The van der Waals surface area contributed by atoms with Gasteiger partial charge in [0.1, 0.15) is 5.78 Å². The Morgan fingerprint density at radius 2 is 1.88 bits per heavy atom. The highest BCUT2D eigenvalue weighted by molar-refractivity contribution is 5.80. The van der Waals surface area contributed by atoms with Gasteiger partial charge in [0.15, 0.2) is 0 Å². The normalized spacial score (nSPS) is 53.5. The highest BCUT2D eigenvalue weighted by Gasteiger charge is 2.62. The molecule has 1 unspecified atom stereocenters. The summed E-state index contributed by atoms with van der Waals surface area (Å²) in [7, 11) is 0. The minimum absolute atomic E-state index is 0.0974. The summed E-state index contributed by atoms with van der Waals surface area (Å²) in [4.78, 5) is 12.5. The van der Waals surface area contributed by atoms with E-state index in [4.69, 9.17) is 0 Å². The molecular formula is C23H36O2. The molecule has 25 heavy (non-hydrogen) atoms. The fourth-order valence-corrected chi connectivity index (χ4v) is 8.08. The van der Waals surface area contributed by atoms with E-state index < -0.39 is 0 Å². The van der Waals surface area contributed by atoms with Gasteiger partial charge in [-0.1, -0.05) is 26.8 Å². The Morgan fingerprint density at radius 3 is 2.60 bits per heavy atom. The summed E-state index contributed by atoms with van der Waals surface area (Å²) < 4.78 is 0. The van der Waals surface area contributed by atoms with Crippen LogP contribution in [0, 0.1) is 46.3 Å². The standard InChI is InChI=1S/C23H36O2/c1-5-14(2)20-13-16(24)12-15-6-7-17-18-8-9-21(25)22(18,3)11-10-19(17)23(15,20)4/h5,14-15,17-21,25H,1,6-13H2,2-4H3/t14?,15-,17-,18-,19-,20+,21-,22-,23-/m0/s1. The molecule has 1 N–H and O–H groups in total. The number of allylic oxidation sites excluding steroid dienone is 1. The van der Waals surface area contributed by atoms with Gasteiger partial charge in [0.25, 0.3) is 0 Å². The number of aliphatic hydroxyl groups is 1. The molecule has 4 rings (SSSR count). The number of ketones is 1. The van der Waals surface area contributed by atoms with E-state index in [1.54, 1.807) is 0 Å². The van der Waals surface area contributed by atoms with Crippen LogP contribution in [0.5, 0.6) is 0 Å². The first-order valence-corrected chi connectivity index (χ1v) is 10.6. The Morgan fingerprint density at radius 1 is 1.12 bits per heavy atom. The Kier molecular flexibility index (Phi) is 4.22.